The molecule has 0 bridgehead atoms. The topological polar surface area (TPSA) is 120 Å². The summed E-state index contributed by atoms with van der Waals surface area (Å²) in [6.45, 7) is 4.99. The number of anilines is 3. The highest BCUT2D eigenvalue weighted by Gasteiger charge is 2.19. The van der Waals surface area contributed by atoms with Crippen LogP contribution in [0.25, 0.3) is 16.4 Å². The molecule has 0 aliphatic carbocycles. The van der Waals surface area contributed by atoms with Crippen LogP contribution < -0.4 is 16.0 Å². The van der Waals surface area contributed by atoms with E-state index in [-0.39, 0.29) is 12.7 Å². The Morgan fingerprint density at radius 2 is 2.10 bits per heavy atom. The predicted molar refractivity (Wildman–Crippen MR) is 149 cm³/mol. The van der Waals surface area contributed by atoms with Crippen molar-refractivity contribution in [3.63, 3.8) is 0 Å². The average Bonchev–Trinajstić information content (AvgIpc) is 3.53. The summed E-state index contributed by atoms with van der Waals surface area (Å²) in [4.78, 5) is 17.1. The van der Waals surface area contributed by atoms with Crippen molar-refractivity contribution < 1.29 is 14.3 Å². The van der Waals surface area contributed by atoms with Crippen LogP contribution in [0, 0.1) is 0 Å². The molecule has 0 unspecified atom stereocenters. The van der Waals surface area contributed by atoms with E-state index in [0.717, 1.165) is 34.2 Å². The molecule has 1 aliphatic heterocycles. The van der Waals surface area contributed by atoms with Gasteiger partial charge in [-0.15, -0.1) is 0 Å². The fourth-order valence-corrected chi connectivity index (χ4v) is 4.86. The van der Waals surface area contributed by atoms with E-state index in [0.29, 0.717) is 37.6 Å². The lowest BCUT2D eigenvalue weighted by Gasteiger charge is -2.23. The number of morpholine rings is 1. The number of amides is 1. The Balaban J connectivity index is 1.20. The molecule has 39 heavy (non-hydrogen) atoms. The summed E-state index contributed by atoms with van der Waals surface area (Å²) in [7, 11) is 0. The minimum Gasteiger partial charge on any atom is -0.446 e. The van der Waals surface area contributed by atoms with E-state index >= 15 is 0 Å². The number of rotatable bonds is 8. The Kier molecular flexibility index (Phi) is 7.07. The van der Waals surface area contributed by atoms with E-state index in [1.54, 1.807) is 10.7 Å². The molecule has 5 aromatic rings. The predicted octanol–water partition coefficient (Wildman–Crippen LogP) is 3.97. The zero-order valence-corrected chi connectivity index (χ0v) is 21.6. The number of fused-ring (bicyclic) bond motifs is 2. The highest BCUT2D eigenvalue weighted by atomic mass is 16.6. The molecule has 4 heterocycles. The van der Waals surface area contributed by atoms with Crippen LogP contribution in [0.2, 0.25) is 0 Å². The number of nitrogens with zero attached hydrogens (tertiary/aromatic N) is 5. The molecule has 0 radical (unpaired) electrons. The lowest BCUT2D eigenvalue weighted by atomic mass is 10.2. The van der Waals surface area contributed by atoms with E-state index in [1.807, 2.05) is 42.1 Å². The first-order valence-corrected chi connectivity index (χ1v) is 13.1. The van der Waals surface area contributed by atoms with Gasteiger partial charge in [-0.3, -0.25) is 10.00 Å². The molecule has 200 valence electrons. The maximum atomic E-state index is 12.5. The van der Waals surface area contributed by atoms with Gasteiger partial charge < -0.3 is 20.1 Å². The first-order valence-electron chi connectivity index (χ1n) is 13.1. The lowest BCUT2D eigenvalue weighted by molar-refractivity contribution is -0.00984. The molecule has 11 heteroatoms. The number of hydrogen-bond donors (Lipinski definition) is 3. The van der Waals surface area contributed by atoms with E-state index < -0.39 is 6.09 Å². The first kappa shape index (κ1) is 24.8. The van der Waals surface area contributed by atoms with E-state index in [9.17, 15) is 4.79 Å². The SMILES string of the molecule is CCc1c(NC(=O)OC[C@@H]2CNCCO2)cn2ncnc(Nc3ccc4c(cnn4Cc4ccccc4)c3)c12. The number of aromatic nitrogens is 5. The standard InChI is InChI=1S/C28H30N8O3/c1-2-23-24(34-28(37)39-17-22-14-29-10-11-38-22)16-36-26(23)27(30-18-32-36)33-21-8-9-25-20(12-21)13-31-35(25)15-19-6-4-3-5-7-19/h3-9,12-13,16,18,22,29H,2,10-11,14-15,17H2,1H3,(H,34,37)(H,30,32,33)/t22-/m0/s1. The third-order valence-electron chi connectivity index (χ3n) is 6.75. The number of aryl methyl sites for hydroxylation is 1. The highest BCUT2D eigenvalue weighted by Crippen LogP contribution is 2.30. The van der Waals surface area contributed by atoms with E-state index in [4.69, 9.17) is 9.47 Å². The Bertz CT molecular complexity index is 1590. The first-order chi connectivity index (χ1) is 19.2. The second-order valence-electron chi connectivity index (χ2n) is 9.38. The van der Waals surface area contributed by atoms with Crippen LogP contribution in [-0.4, -0.2) is 62.9 Å². The molecule has 6 rings (SSSR count). The molecule has 2 aromatic carbocycles. The van der Waals surface area contributed by atoms with Gasteiger partial charge in [0, 0.05) is 29.7 Å². The van der Waals surface area contributed by atoms with Gasteiger partial charge in [-0.25, -0.2) is 14.3 Å². The number of carbonyl (C=O) groups excluding carboxylic acids is 1. The van der Waals surface area contributed by atoms with Crippen molar-refractivity contribution >= 4 is 39.7 Å². The van der Waals surface area contributed by atoms with Crippen molar-refractivity contribution in [1.29, 1.82) is 0 Å². The van der Waals surface area contributed by atoms with Crippen molar-refractivity contribution in [2.75, 3.05) is 36.9 Å². The molecule has 1 aliphatic rings. The molecule has 1 saturated heterocycles. The zero-order valence-electron chi connectivity index (χ0n) is 21.6. The number of carbonyl (C=O) groups is 1. The van der Waals surface area contributed by atoms with Crippen LogP contribution in [0.4, 0.5) is 22.0 Å². The minimum atomic E-state index is -0.532. The molecule has 1 fully saturated rings. The van der Waals surface area contributed by atoms with Gasteiger partial charge in [0.05, 0.1) is 36.7 Å². The van der Waals surface area contributed by atoms with Gasteiger partial charge in [0.1, 0.15) is 24.6 Å². The number of benzene rings is 2. The molecular formula is C28H30N8O3. The molecule has 0 saturated carbocycles. The van der Waals surface area contributed by atoms with Crippen molar-refractivity contribution in [3.8, 4) is 0 Å². The second kappa shape index (κ2) is 11.1. The maximum absolute atomic E-state index is 12.5. The zero-order chi connectivity index (χ0) is 26.6. The largest absolute Gasteiger partial charge is 0.446 e. The van der Waals surface area contributed by atoms with Crippen LogP contribution in [0.15, 0.2) is 67.3 Å². The molecule has 11 nitrogen and oxygen atoms in total. The van der Waals surface area contributed by atoms with Crippen LogP contribution in [0.1, 0.15) is 18.1 Å². The highest BCUT2D eigenvalue weighted by molar-refractivity contribution is 5.91. The Hall–Kier alpha value is -4.48. The van der Waals surface area contributed by atoms with Gasteiger partial charge in [0.2, 0.25) is 0 Å². The monoisotopic (exact) mass is 526 g/mol. The maximum Gasteiger partial charge on any atom is 0.411 e. The second-order valence-corrected chi connectivity index (χ2v) is 9.38. The van der Waals surface area contributed by atoms with Crippen LogP contribution >= 0.6 is 0 Å². The summed E-state index contributed by atoms with van der Waals surface area (Å²) in [5, 5.41) is 19.5. The van der Waals surface area contributed by atoms with Gasteiger partial charge in [0.25, 0.3) is 0 Å². The van der Waals surface area contributed by atoms with Gasteiger partial charge >= 0.3 is 6.09 Å². The molecule has 1 amide bonds. The number of hydrogen-bond acceptors (Lipinski definition) is 8. The molecule has 1 atom stereocenters. The minimum absolute atomic E-state index is 0.146. The summed E-state index contributed by atoms with van der Waals surface area (Å²) in [6, 6.07) is 16.4. The third-order valence-corrected chi connectivity index (χ3v) is 6.75. The summed E-state index contributed by atoms with van der Waals surface area (Å²) >= 11 is 0. The summed E-state index contributed by atoms with van der Waals surface area (Å²) in [6.07, 6.45) is 5.12. The van der Waals surface area contributed by atoms with Crippen molar-refractivity contribution in [3.05, 3.63) is 78.4 Å². The van der Waals surface area contributed by atoms with Gasteiger partial charge in [-0.05, 0) is 30.2 Å². The Morgan fingerprint density at radius 1 is 1.21 bits per heavy atom. The summed E-state index contributed by atoms with van der Waals surface area (Å²) in [5.41, 5.74) is 5.44. The van der Waals surface area contributed by atoms with Gasteiger partial charge in [0.15, 0.2) is 5.82 Å². The fourth-order valence-electron chi connectivity index (χ4n) is 4.86. The van der Waals surface area contributed by atoms with Crippen LogP contribution in [0.5, 0.6) is 0 Å². The smallest absolute Gasteiger partial charge is 0.411 e. The van der Waals surface area contributed by atoms with E-state index in [2.05, 4.69) is 55.4 Å². The normalized spacial score (nSPS) is 15.5. The summed E-state index contributed by atoms with van der Waals surface area (Å²) < 4.78 is 14.7. The van der Waals surface area contributed by atoms with Crippen molar-refractivity contribution in [2.45, 2.75) is 26.0 Å². The Labute approximate surface area is 225 Å². The van der Waals surface area contributed by atoms with Crippen molar-refractivity contribution in [2.24, 2.45) is 0 Å². The molecule has 3 aromatic heterocycles. The number of ether oxygens (including phenoxy) is 2. The summed E-state index contributed by atoms with van der Waals surface area (Å²) in [5.74, 6) is 0.640. The number of nitrogens with one attached hydrogen (secondary N) is 3. The van der Waals surface area contributed by atoms with Gasteiger partial charge in [-0.2, -0.15) is 10.2 Å². The Morgan fingerprint density at radius 3 is 2.92 bits per heavy atom. The molecular weight excluding hydrogens is 496 g/mol. The van der Waals surface area contributed by atoms with Crippen LogP contribution in [0.3, 0.4) is 0 Å². The van der Waals surface area contributed by atoms with Crippen molar-refractivity contribution in [1.82, 2.24) is 29.7 Å². The van der Waals surface area contributed by atoms with E-state index in [1.165, 1.54) is 11.9 Å². The molecule has 0 spiro atoms. The fraction of sp³-hybridized carbons (Fsp3) is 0.286. The van der Waals surface area contributed by atoms with Crippen LogP contribution in [-0.2, 0) is 22.4 Å². The third kappa shape index (κ3) is 5.40. The molecule has 3 N–H and O–H groups in total. The lowest BCUT2D eigenvalue weighted by Crippen LogP contribution is -2.41. The average molecular weight is 527 g/mol. The quantitative estimate of drug-likeness (QED) is 0.278. The van der Waals surface area contributed by atoms with Gasteiger partial charge in [-0.1, -0.05) is 37.3 Å².